The molecule has 2 aromatic heterocycles. The number of hydrogen-bond acceptors (Lipinski definition) is 2. The van der Waals surface area contributed by atoms with E-state index < -0.39 is 0 Å². The molecule has 3 heteroatoms. The zero-order chi connectivity index (χ0) is 29.5. The summed E-state index contributed by atoms with van der Waals surface area (Å²) in [6.45, 7) is 0. The Morgan fingerprint density at radius 1 is 0.422 bits per heavy atom. The van der Waals surface area contributed by atoms with Crippen LogP contribution in [-0.2, 0) is 0 Å². The SMILES string of the molecule is c1ccc(N2c3ccccc3-n3c4ccc(-c5cccc(-c6cccc7c6sc6ccccc67)c5)cc4c4cccc2c43)cc1. The second kappa shape index (κ2) is 9.43. The smallest absolute Gasteiger partial charge is 0.0783 e. The van der Waals surface area contributed by atoms with Crippen LogP contribution in [0.5, 0.6) is 0 Å². The summed E-state index contributed by atoms with van der Waals surface area (Å²) in [6.07, 6.45) is 0. The fourth-order valence-electron chi connectivity index (χ4n) is 7.33. The van der Waals surface area contributed by atoms with Crippen molar-refractivity contribution in [2.24, 2.45) is 0 Å². The zero-order valence-corrected chi connectivity index (χ0v) is 25.1. The van der Waals surface area contributed by atoms with E-state index >= 15 is 0 Å². The van der Waals surface area contributed by atoms with E-state index in [0.29, 0.717) is 0 Å². The Morgan fingerprint density at radius 2 is 1.11 bits per heavy atom. The van der Waals surface area contributed by atoms with E-state index in [4.69, 9.17) is 0 Å². The molecule has 1 aliphatic heterocycles. The van der Waals surface area contributed by atoms with Gasteiger partial charge in [-0.25, -0.2) is 0 Å². The molecule has 0 spiro atoms. The van der Waals surface area contributed by atoms with Crippen molar-refractivity contribution in [3.63, 3.8) is 0 Å². The van der Waals surface area contributed by atoms with Crippen molar-refractivity contribution >= 4 is 70.4 Å². The molecule has 0 aliphatic carbocycles. The minimum atomic E-state index is 1.17. The highest BCUT2D eigenvalue weighted by Gasteiger charge is 2.28. The first-order valence-electron chi connectivity index (χ1n) is 15.4. The van der Waals surface area contributed by atoms with Crippen molar-refractivity contribution in [1.82, 2.24) is 4.57 Å². The van der Waals surface area contributed by atoms with Gasteiger partial charge in [-0.15, -0.1) is 11.3 Å². The molecule has 0 radical (unpaired) electrons. The highest BCUT2D eigenvalue weighted by atomic mass is 32.1. The summed E-state index contributed by atoms with van der Waals surface area (Å²) in [7, 11) is 0. The van der Waals surface area contributed by atoms with E-state index in [1.807, 2.05) is 11.3 Å². The number of benzene rings is 7. The monoisotopic (exact) mass is 590 g/mol. The van der Waals surface area contributed by atoms with E-state index in [9.17, 15) is 0 Å². The van der Waals surface area contributed by atoms with Crippen LogP contribution in [0.4, 0.5) is 17.1 Å². The molecule has 1 aliphatic rings. The van der Waals surface area contributed by atoms with Crippen LogP contribution in [0.3, 0.4) is 0 Å². The van der Waals surface area contributed by atoms with Gasteiger partial charge in [-0.1, -0.05) is 103 Å². The second-order valence-electron chi connectivity index (χ2n) is 11.8. The third kappa shape index (κ3) is 3.56. The van der Waals surface area contributed by atoms with Crippen molar-refractivity contribution < 1.29 is 0 Å². The molecular weight excluding hydrogens is 565 g/mol. The van der Waals surface area contributed by atoms with Gasteiger partial charge in [0.1, 0.15) is 0 Å². The highest BCUT2D eigenvalue weighted by molar-refractivity contribution is 7.26. The molecule has 210 valence electrons. The lowest BCUT2D eigenvalue weighted by Crippen LogP contribution is -2.17. The Hall–Kier alpha value is -5.64. The van der Waals surface area contributed by atoms with Crippen LogP contribution in [-0.4, -0.2) is 4.57 Å². The molecule has 0 bridgehead atoms. The van der Waals surface area contributed by atoms with Gasteiger partial charge in [-0.05, 0) is 76.9 Å². The van der Waals surface area contributed by atoms with Gasteiger partial charge in [-0.2, -0.15) is 0 Å². The summed E-state index contributed by atoms with van der Waals surface area (Å²) >= 11 is 1.89. The van der Waals surface area contributed by atoms with Gasteiger partial charge in [0.2, 0.25) is 0 Å². The maximum absolute atomic E-state index is 2.46. The minimum absolute atomic E-state index is 1.17. The number of aromatic nitrogens is 1. The minimum Gasteiger partial charge on any atom is -0.306 e. The summed E-state index contributed by atoms with van der Waals surface area (Å²) in [4.78, 5) is 2.40. The lowest BCUT2D eigenvalue weighted by Gasteiger charge is -2.33. The van der Waals surface area contributed by atoms with Gasteiger partial charge >= 0.3 is 0 Å². The molecular formula is C42H26N2S. The van der Waals surface area contributed by atoms with Gasteiger partial charge in [0.25, 0.3) is 0 Å². The molecule has 0 unspecified atom stereocenters. The predicted octanol–water partition coefficient (Wildman–Crippen LogP) is 12.3. The molecule has 0 saturated carbocycles. The zero-order valence-electron chi connectivity index (χ0n) is 24.3. The van der Waals surface area contributed by atoms with Crippen LogP contribution in [0.2, 0.25) is 0 Å². The Labute approximate surface area is 264 Å². The molecule has 0 fully saturated rings. The molecule has 2 nitrogen and oxygen atoms in total. The first kappa shape index (κ1) is 24.8. The number of fused-ring (bicyclic) bond motifs is 8. The van der Waals surface area contributed by atoms with Crippen LogP contribution < -0.4 is 4.90 Å². The van der Waals surface area contributed by atoms with Crippen molar-refractivity contribution in [2.75, 3.05) is 4.90 Å². The quantitative estimate of drug-likeness (QED) is 0.199. The maximum atomic E-state index is 2.46. The van der Waals surface area contributed by atoms with E-state index in [1.165, 1.54) is 87.0 Å². The third-order valence-corrected chi connectivity index (χ3v) is 10.5. The average molecular weight is 591 g/mol. The number of rotatable bonds is 3. The van der Waals surface area contributed by atoms with Gasteiger partial charge in [0.05, 0.1) is 28.1 Å². The van der Waals surface area contributed by atoms with Crippen molar-refractivity contribution in [3.8, 4) is 27.9 Å². The molecule has 3 heterocycles. The van der Waals surface area contributed by atoms with Gasteiger partial charge in [-0.3, -0.25) is 0 Å². The van der Waals surface area contributed by atoms with Crippen LogP contribution in [0.25, 0.3) is 69.9 Å². The topological polar surface area (TPSA) is 8.17 Å². The van der Waals surface area contributed by atoms with Crippen molar-refractivity contribution in [1.29, 1.82) is 0 Å². The van der Waals surface area contributed by atoms with Crippen molar-refractivity contribution in [3.05, 3.63) is 158 Å². The molecule has 45 heavy (non-hydrogen) atoms. The second-order valence-corrected chi connectivity index (χ2v) is 12.8. The Bertz CT molecular complexity index is 2610. The fraction of sp³-hybridized carbons (Fsp3) is 0. The number of anilines is 3. The predicted molar refractivity (Wildman–Crippen MR) is 193 cm³/mol. The van der Waals surface area contributed by atoms with E-state index in [0.717, 1.165) is 0 Å². The normalized spacial score (nSPS) is 12.4. The Kier molecular flexibility index (Phi) is 5.19. The average Bonchev–Trinajstić information content (AvgIpc) is 3.66. The molecule has 10 rings (SSSR count). The molecule has 9 aromatic rings. The van der Waals surface area contributed by atoms with Crippen LogP contribution in [0.15, 0.2) is 158 Å². The molecule has 0 amide bonds. The summed E-state index contributed by atoms with van der Waals surface area (Å²) in [5.74, 6) is 0. The fourth-order valence-corrected chi connectivity index (χ4v) is 8.57. The molecule has 0 saturated heterocycles. The number of hydrogen-bond donors (Lipinski definition) is 0. The van der Waals surface area contributed by atoms with Crippen molar-refractivity contribution in [2.45, 2.75) is 0 Å². The van der Waals surface area contributed by atoms with Crippen LogP contribution in [0, 0.1) is 0 Å². The summed E-state index contributed by atoms with van der Waals surface area (Å²) in [5, 5.41) is 5.21. The molecule has 7 aromatic carbocycles. The summed E-state index contributed by atoms with van der Waals surface area (Å²) in [5.41, 5.74) is 12.2. The van der Waals surface area contributed by atoms with E-state index in [1.54, 1.807) is 0 Å². The highest BCUT2D eigenvalue weighted by Crippen LogP contribution is 2.50. The van der Waals surface area contributed by atoms with Gasteiger partial charge < -0.3 is 9.47 Å². The van der Waals surface area contributed by atoms with Crippen LogP contribution in [0.1, 0.15) is 0 Å². The molecule has 0 N–H and O–H groups in total. The largest absolute Gasteiger partial charge is 0.306 e. The summed E-state index contributed by atoms with van der Waals surface area (Å²) in [6, 6.07) is 57.6. The lowest BCUT2D eigenvalue weighted by molar-refractivity contribution is 1.11. The number of nitrogens with zero attached hydrogens (tertiary/aromatic N) is 2. The Balaban J connectivity index is 1.17. The first-order valence-corrected chi connectivity index (χ1v) is 16.2. The standard InChI is InChI=1S/C42H26N2S/c1-2-13-30(14-3-1)43-37-19-5-6-20-38(37)44-36-24-23-28(26-35(36)33-17-10-21-39(43)41(33)44)27-11-8-12-29(25-27)31-16-9-18-34-32-15-4-7-22-40(32)45-42(31)34/h1-26H. The van der Waals surface area contributed by atoms with Gasteiger partial charge in [0.15, 0.2) is 0 Å². The lowest BCUT2D eigenvalue weighted by atomic mass is 9.97. The van der Waals surface area contributed by atoms with Gasteiger partial charge in [0, 0.05) is 36.6 Å². The van der Waals surface area contributed by atoms with E-state index in [-0.39, 0.29) is 0 Å². The number of para-hydroxylation sites is 4. The Morgan fingerprint density at radius 3 is 2.04 bits per heavy atom. The molecule has 0 atom stereocenters. The third-order valence-electron chi connectivity index (χ3n) is 9.30. The van der Waals surface area contributed by atoms with Crippen LogP contribution >= 0.6 is 11.3 Å². The first-order chi connectivity index (χ1) is 22.3. The number of thiophene rings is 1. The summed E-state index contributed by atoms with van der Waals surface area (Å²) < 4.78 is 5.14. The maximum Gasteiger partial charge on any atom is 0.0783 e. The van der Waals surface area contributed by atoms with E-state index in [2.05, 4.69) is 167 Å².